The van der Waals surface area contributed by atoms with Gasteiger partial charge in [-0.15, -0.1) is 11.3 Å². The van der Waals surface area contributed by atoms with Crippen LogP contribution in [0.2, 0.25) is 0 Å². The number of halogens is 1. The van der Waals surface area contributed by atoms with Crippen LogP contribution in [0.15, 0.2) is 22.8 Å². The number of hydrogen-bond donors (Lipinski definition) is 2. The van der Waals surface area contributed by atoms with Gasteiger partial charge in [0.1, 0.15) is 5.82 Å². The van der Waals surface area contributed by atoms with Crippen molar-refractivity contribution in [1.82, 2.24) is 4.98 Å². The third kappa shape index (κ3) is 2.98. The molecule has 0 aliphatic heterocycles. The molecule has 0 aliphatic rings. The maximum atomic E-state index is 5.87. The number of pyridine rings is 1. The smallest absolute Gasteiger partial charge is 0.149 e. The van der Waals surface area contributed by atoms with Crippen LogP contribution in [0.25, 0.3) is 0 Å². The van der Waals surface area contributed by atoms with Crippen molar-refractivity contribution in [3.63, 3.8) is 0 Å². The van der Waals surface area contributed by atoms with E-state index in [2.05, 4.69) is 46.1 Å². The van der Waals surface area contributed by atoms with Crippen molar-refractivity contribution in [1.29, 1.82) is 0 Å². The maximum Gasteiger partial charge on any atom is 0.149 e. The molecular weight excluding hydrogens is 298 g/mol. The average molecular weight is 312 g/mol. The largest absolute Gasteiger partial charge is 0.396 e. The number of nitrogen functional groups attached to an aromatic ring is 1. The second-order valence-electron chi connectivity index (χ2n) is 3.90. The number of hydrogen-bond acceptors (Lipinski definition) is 4. The molecule has 0 fully saturated rings. The highest BCUT2D eigenvalue weighted by atomic mass is 79.9. The second kappa shape index (κ2) is 5.06. The summed E-state index contributed by atoms with van der Waals surface area (Å²) in [5.41, 5.74) is 7.86. The van der Waals surface area contributed by atoms with Crippen LogP contribution in [-0.4, -0.2) is 4.98 Å². The number of aromatic nitrogens is 1. The first-order chi connectivity index (χ1) is 8.06. The highest BCUT2D eigenvalue weighted by molar-refractivity contribution is 9.10. The Balaban J connectivity index is 2.07. The zero-order chi connectivity index (χ0) is 12.4. The van der Waals surface area contributed by atoms with Crippen molar-refractivity contribution in [3.05, 3.63) is 38.1 Å². The molecule has 0 bridgehead atoms. The van der Waals surface area contributed by atoms with Crippen molar-refractivity contribution in [2.45, 2.75) is 20.4 Å². The number of nitrogens with two attached hydrogens (primary N) is 1. The second-order valence-corrected chi connectivity index (χ2v) is 6.15. The predicted octanol–water partition coefficient (Wildman–Crippen LogP) is 3.72. The predicted molar refractivity (Wildman–Crippen MR) is 77.5 cm³/mol. The van der Waals surface area contributed by atoms with Crippen molar-refractivity contribution in [2.24, 2.45) is 0 Å². The summed E-state index contributed by atoms with van der Waals surface area (Å²) in [6.45, 7) is 5.02. The lowest BCUT2D eigenvalue weighted by atomic mass is 10.3. The summed E-state index contributed by atoms with van der Waals surface area (Å²) in [6, 6.07) is 4.04. The normalized spacial score (nSPS) is 10.5. The van der Waals surface area contributed by atoms with E-state index in [1.54, 1.807) is 17.5 Å². The summed E-state index contributed by atoms with van der Waals surface area (Å²) in [6.07, 6.45) is 1.74. The van der Waals surface area contributed by atoms with Gasteiger partial charge in [0.25, 0.3) is 0 Å². The molecule has 2 heterocycles. The monoisotopic (exact) mass is 311 g/mol. The molecule has 2 aromatic rings. The molecule has 0 radical (unpaired) electrons. The molecule has 2 rings (SSSR count). The summed E-state index contributed by atoms with van der Waals surface area (Å²) in [7, 11) is 0. The molecule has 0 unspecified atom stereocenters. The average Bonchev–Trinajstić information content (AvgIpc) is 2.57. The Bertz CT molecular complexity index is 517. The van der Waals surface area contributed by atoms with Gasteiger partial charge in [0.05, 0.1) is 12.2 Å². The highest BCUT2D eigenvalue weighted by Gasteiger charge is 2.04. The van der Waals surface area contributed by atoms with Gasteiger partial charge in [0.15, 0.2) is 0 Å². The van der Waals surface area contributed by atoms with Crippen LogP contribution in [0, 0.1) is 13.8 Å². The van der Waals surface area contributed by atoms with E-state index in [-0.39, 0.29) is 0 Å². The van der Waals surface area contributed by atoms with E-state index < -0.39 is 0 Å². The molecule has 0 aromatic carbocycles. The molecule has 3 nitrogen and oxygen atoms in total. The van der Waals surface area contributed by atoms with Crippen LogP contribution in [-0.2, 0) is 6.54 Å². The van der Waals surface area contributed by atoms with Gasteiger partial charge in [-0.25, -0.2) is 4.98 Å². The van der Waals surface area contributed by atoms with Crippen LogP contribution in [0.1, 0.15) is 15.3 Å². The minimum absolute atomic E-state index is 0.657. The summed E-state index contributed by atoms with van der Waals surface area (Å²) in [5.74, 6) is 0.733. The third-order valence-electron chi connectivity index (χ3n) is 2.53. The Kier molecular flexibility index (Phi) is 3.69. The molecule has 0 amide bonds. The fraction of sp³-hybridized carbons (Fsp3) is 0.250. The minimum Gasteiger partial charge on any atom is -0.396 e. The van der Waals surface area contributed by atoms with E-state index in [9.17, 15) is 0 Å². The molecule has 17 heavy (non-hydrogen) atoms. The Morgan fingerprint density at radius 3 is 2.76 bits per heavy atom. The first kappa shape index (κ1) is 12.4. The lowest BCUT2D eigenvalue weighted by molar-refractivity contribution is 1.14. The van der Waals surface area contributed by atoms with E-state index in [1.165, 1.54) is 15.3 Å². The standard InChI is InChI=1S/C12H14BrN3S/c1-7-3-10(17-8(7)2)6-16-12-11(14)4-9(13)5-15-12/h3-5H,6,14H2,1-2H3,(H,15,16). The van der Waals surface area contributed by atoms with Crippen molar-refractivity contribution in [2.75, 3.05) is 11.1 Å². The van der Waals surface area contributed by atoms with Gasteiger partial charge in [-0.1, -0.05) is 0 Å². The summed E-state index contributed by atoms with van der Waals surface area (Å²) in [5, 5.41) is 3.25. The Morgan fingerprint density at radius 1 is 1.41 bits per heavy atom. The molecule has 5 heteroatoms. The topological polar surface area (TPSA) is 50.9 Å². The first-order valence-electron chi connectivity index (χ1n) is 5.27. The number of aryl methyl sites for hydroxylation is 2. The van der Waals surface area contributed by atoms with Gasteiger partial charge in [0, 0.05) is 20.4 Å². The van der Waals surface area contributed by atoms with Gasteiger partial charge < -0.3 is 11.1 Å². The molecule has 0 aliphatic carbocycles. The van der Waals surface area contributed by atoms with E-state index in [1.807, 2.05) is 6.07 Å². The number of thiophene rings is 1. The molecule has 3 N–H and O–H groups in total. The van der Waals surface area contributed by atoms with Crippen LogP contribution < -0.4 is 11.1 Å². The summed E-state index contributed by atoms with van der Waals surface area (Å²) < 4.78 is 0.892. The molecule has 0 saturated carbocycles. The zero-order valence-corrected chi connectivity index (χ0v) is 12.2. The van der Waals surface area contributed by atoms with Gasteiger partial charge in [-0.05, 0) is 47.5 Å². The van der Waals surface area contributed by atoms with Crippen LogP contribution in [0.4, 0.5) is 11.5 Å². The highest BCUT2D eigenvalue weighted by Crippen LogP contribution is 2.24. The fourth-order valence-corrected chi connectivity index (χ4v) is 2.85. The lowest BCUT2D eigenvalue weighted by Crippen LogP contribution is -2.03. The molecule has 2 aromatic heterocycles. The Morgan fingerprint density at radius 2 is 2.18 bits per heavy atom. The van der Waals surface area contributed by atoms with Crippen LogP contribution in [0.5, 0.6) is 0 Å². The van der Waals surface area contributed by atoms with E-state index in [0.29, 0.717) is 5.69 Å². The number of anilines is 2. The Labute approximate surface area is 113 Å². The van der Waals surface area contributed by atoms with Crippen molar-refractivity contribution >= 4 is 38.8 Å². The van der Waals surface area contributed by atoms with Gasteiger partial charge in [-0.3, -0.25) is 0 Å². The van der Waals surface area contributed by atoms with Gasteiger partial charge in [-0.2, -0.15) is 0 Å². The quantitative estimate of drug-likeness (QED) is 0.908. The minimum atomic E-state index is 0.657. The van der Waals surface area contributed by atoms with E-state index >= 15 is 0 Å². The van der Waals surface area contributed by atoms with Crippen molar-refractivity contribution in [3.8, 4) is 0 Å². The molecule has 90 valence electrons. The van der Waals surface area contributed by atoms with Crippen LogP contribution >= 0.6 is 27.3 Å². The summed E-state index contributed by atoms with van der Waals surface area (Å²) in [4.78, 5) is 6.90. The number of nitrogens with zero attached hydrogens (tertiary/aromatic N) is 1. The molecule has 0 saturated heterocycles. The SMILES string of the molecule is Cc1cc(CNc2ncc(Br)cc2N)sc1C. The third-order valence-corrected chi connectivity index (χ3v) is 4.12. The van der Waals surface area contributed by atoms with E-state index in [0.717, 1.165) is 16.8 Å². The fourth-order valence-electron chi connectivity index (χ4n) is 1.51. The number of rotatable bonds is 3. The molecule has 0 atom stereocenters. The van der Waals surface area contributed by atoms with E-state index in [4.69, 9.17) is 5.73 Å². The van der Waals surface area contributed by atoms with Gasteiger partial charge >= 0.3 is 0 Å². The lowest BCUT2D eigenvalue weighted by Gasteiger charge is -2.06. The van der Waals surface area contributed by atoms with Crippen LogP contribution in [0.3, 0.4) is 0 Å². The summed E-state index contributed by atoms with van der Waals surface area (Å²) >= 11 is 5.14. The first-order valence-corrected chi connectivity index (χ1v) is 6.88. The van der Waals surface area contributed by atoms with Gasteiger partial charge in [0.2, 0.25) is 0 Å². The Hall–Kier alpha value is -1.07. The molecule has 0 spiro atoms. The maximum absolute atomic E-state index is 5.87. The zero-order valence-electron chi connectivity index (χ0n) is 9.75. The molecular formula is C12H14BrN3S. The number of nitrogens with one attached hydrogen (secondary N) is 1. The van der Waals surface area contributed by atoms with Crippen molar-refractivity contribution < 1.29 is 0 Å².